The average molecular weight is 329 g/mol. The van der Waals surface area contributed by atoms with E-state index in [0.717, 1.165) is 12.8 Å². The maximum Gasteiger partial charge on any atom is 0.244 e. The van der Waals surface area contributed by atoms with Crippen LogP contribution < -0.4 is 0 Å². The molecule has 1 aliphatic carbocycles. The molecule has 2 unspecified atom stereocenters. The van der Waals surface area contributed by atoms with E-state index in [9.17, 15) is 13.5 Å². The third-order valence-corrected chi connectivity index (χ3v) is 6.24. The fraction of sp³-hybridized carbons (Fsp3) is 0.500. The average Bonchev–Trinajstić information content (AvgIpc) is 2.47. The van der Waals surface area contributed by atoms with Crippen LogP contribution in [0.4, 0.5) is 0 Å². The van der Waals surface area contributed by atoms with Crippen LogP contribution in [0.3, 0.4) is 0 Å². The molecular formula is C14H17ClN2O3S. The van der Waals surface area contributed by atoms with Gasteiger partial charge >= 0.3 is 0 Å². The van der Waals surface area contributed by atoms with Crippen molar-refractivity contribution in [3.63, 3.8) is 0 Å². The van der Waals surface area contributed by atoms with E-state index in [-0.39, 0.29) is 15.5 Å². The molecule has 0 aromatic heterocycles. The summed E-state index contributed by atoms with van der Waals surface area (Å²) in [5, 5.41) is 19.0. The van der Waals surface area contributed by atoms with Gasteiger partial charge in [-0.3, -0.25) is 0 Å². The van der Waals surface area contributed by atoms with E-state index in [2.05, 4.69) is 0 Å². The third-order valence-electron chi connectivity index (χ3n) is 3.88. The number of aliphatic hydroxyl groups is 1. The summed E-state index contributed by atoms with van der Waals surface area (Å²) in [7, 11) is -2.40. The summed E-state index contributed by atoms with van der Waals surface area (Å²) in [5.74, 6) is 0. The lowest BCUT2D eigenvalue weighted by Crippen LogP contribution is -2.46. The Hall–Kier alpha value is -1.13. The van der Waals surface area contributed by atoms with Crippen LogP contribution in [0.2, 0.25) is 5.02 Å². The van der Waals surface area contributed by atoms with Crippen molar-refractivity contribution < 1.29 is 13.5 Å². The Bertz CT molecular complexity index is 669. The minimum atomic E-state index is -3.84. The van der Waals surface area contributed by atoms with Crippen LogP contribution in [0.5, 0.6) is 0 Å². The third kappa shape index (κ3) is 3.22. The van der Waals surface area contributed by atoms with E-state index in [1.54, 1.807) is 0 Å². The molecule has 0 radical (unpaired) electrons. The number of rotatable bonds is 3. The number of sulfonamides is 1. The molecule has 0 heterocycles. The first-order valence-corrected chi connectivity index (χ1v) is 8.55. The molecule has 21 heavy (non-hydrogen) atoms. The Kier molecular flexibility index (Phi) is 4.89. The number of hydrogen-bond acceptors (Lipinski definition) is 4. The van der Waals surface area contributed by atoms with Gasteiger partial charge in [0.1, 0.15) is 4.90 Å². The van der Waals surface area contributed by atoms with E-state index in [1.165, 1.54) is 29.6 Å². The van der Waals surface area contributed by atoms with Crippen LogP contribution in [0, 0.1) is 11.3 Å². The summed E-state index contributed by atoms with van der Waals surface area (Å²) in [6.45, 7) is 0. The lowest BCUT2D eigenvalue weighted by atomic mass is 9.93. The molecule has 1 saturated carbocycles. The number of hydrogen-bond donors (Lipinski definition) is 1. The summed E-state index contributed by atoms with van der Waals surface area (Å²) in [4.78, 5) is -0.0940. The van der Waals surface area contributed by atoms with Gasteiger partial charge in [-0.15, -0.1) is 0 Å². The van der Waals surface area contributed by atoms with Gasteiger partial charge in [-0.1, -0.05) is 24.4 Å². The van der Waals surface area contributed by atoms with Gasteiger partial charge in [0.05, 0.1) is 28.8 Å². The Morgan fingerprint density at radius 1 is 1.38 bits per heavy atom. The summed E-state index contributed by atoms with van der Waals surface area (Å²) in [5.41, 5.74) is 0.232. The summed E-state index contributed by atoms with van der Waals surface area (Å²) >= 11 is 5.98. The van der Waals surface area contributed by atoms with Gasteiger partial charge in [0, 0.05) is 7.05 Å². The van der Waals surface area contributed by atoms with Crippen molar-refractivity contribution in [1.82, 2.24) is 4.31 Å². The molecule has 1 aliphatic rings. The fourth-order valence-electron chi connectivity index (χ4n) is 2.62. The first kappa shape index (κ1) is 16.2. The van der Waals surface area contributed by atoms with Crippen molar-refractivity contribution in [3.8, 4) is 6.07 Å². The predicted molar refractivity (Wildman–Crippen MR) is 79.4 cm³/mol. The van der Waals surface area contributed by atoms with E-state index in [4.69, 9.17) is 16.9 Å². The second-order valence-electron chi connectivity index (χ2n) is 5.20. The Balaban J connectivity index is 2.39. The fourth-order valence-corrected chi connectivity index (χ4v) is 4.53. The van der Waals surface area contributed by atoms with Crippen molar-refractivity contribution in [2.24, 2.45) is 0 Å². The minimum Gasteiger partial charge on any atom is -0.391 e. The van der Waals surface area contributed by atoms with E-state index < -0.39 is 22.2 Å². The quantitative estimate of drug-likeness (QED) is 0.921. The molecule has 0 amide bonds. The van der Waals surface area contributed by atoms with Crippen molar-refractivity contribution in [2.75, 3.05) is 7.05 Å². The first-order valence-electron chi connectivity index (χ1n) is 6.73. The van der Waals surface area contributed by atoms with Crippen LogP contribution in [-0.2, 0) is 10.0 Å². The topological polar surface area (TPSA) is 81.4 Å². The molecule has 1 aromatic rings. The largest absolute Gasteiger partial charge is 0.391 e. The smallest absolute Gasteiger partial charge is 0.244 e. The molecule has 0 bridgehead atoms. The Morgan fingerprint density at radius 3 is 2.67 bits per heavy atom. The number of halogens is 1. The lowest BCUT2D eigenvalue weighted by Gasteiger charge is -2.34. The molecule has 114 valence electrons. The van der Waals surface area contributed by atoms with Crippen molar-refractivity contribution in [2.45, 2.75) is 42.7 Å². The van der Waals surface area contributed by atoms with Crippen LogP contribution in [-0.4, -0.2) is 37.0 Å². The summed E-state index contributed by atoms with van der Waals surface area (Å²) in [6, 6.07) is 5.59. The number of nitriles is 1. The molecule has 1 N–H and O–H groups in total. The molecule has 2 rings (SSSR count). The van der Waals surface area contributed by atoms with Gasteiger partial charge in [-0.2, -0.15) is 9.57 Å². The van der Waals surface area contributed by atoms with Crippen LogP contribution in [0.1, 0.15) is 31.2 Å². The zero-order chi connectivity index (χ0) is 15.6. The maximum atomic E-state index is 12.7. The lowest BCUT2D eigenvalue weighted by molar-refractivity contribution is 0.0638. The molecule has 5 nitrogen and oxygen atoms in total. The normalized spacial score (nSPS) is 23.0. The molecule has 7 heteroatoms. The highest BCUT2D eigenvalue weighted by Crippen LogP contribution is 2.30. The van der Waals surface area contributed by atoms with E-state index >= 15 is 0 Å². The standard InChI is InChI=1S/C14H17ClN2O3S/c1-17(12-4-2-3-5-13(12)18)21(19,20)14-8-10(9-16)6-7-11(14)15/h6-8,12-13,18H,2-5H2,1H3. The van der Waals surface area contributed by atoms with Gasteiger partial charge in [0.2, 0.25) is 10.0 Å². The van der Waals surface area contributed by atoms with Crippen molar-refractivity contribution in [3.05, 3.63) is 28.8 Å². The van der Waals surface area contributed by atoms with Crippen LogP contribution in [0.25, 0.3) is 0 Å². The van der Waals surface area contributed by atoms with E-state index in [1.807, 2.05) is 6.07 Å². The number of aliphatic hydroxyl groups excluding tert-OH is 1. The molecule has 2 atom stereocenters. The minimum absolute atomic E-state index is 0.0751. The van der Waals surface area contributed by atoms with Crippen LogP contribution in [0.15, 0.2) is 23.1 Å². The zero-order valence-electron chi connectivity index (χ0n) is 11.7. The van der Waals surface area contributed by atoms with Gasteiger partial charge in [0.15, 0.2) is 0 Å². The van der Waals surface area contributed by atoms with Gasteiger partial charge in [-0.25, -0.2) is 8.42 Å². The van der Waals surface area contributed by atoms with Crippen molar-refractivity contribution in [1.29, 1.82) is 5.26 Å². The predicted octanol–water partition coefficient (Wildman–Crippen LogP) is 2.14. The summed E-state index contributed by atoms with van der Waals surface area (Å²) in [6.07, 6.45) is 2.32. The van der Waals surface area contributed by atoms with Gasteiger partial charge in [0.25, 0.3) is 0 Å². The highest BCUT2D eigenvalue weighted by Gasteiger charge is 2.35. The SMILES string of the molecule is CN(C1CCCCC1O)S(=O)(=O)c1cc(C#N)ccc1Cl. The molecule has 1 fully saturated rings. The molecule has 0 spiro atoms. The highest BCUT2D eigenvalue weighted by molar-refractivity contribution is 7.89. The summed E-state index contributed by atoms with van der Waals surface area (Å²) < 4.78 is 26.6. The van der Waals surface area contributed by atoms with Gasteiger partial charge < -0.3 is 5.11 Å². The van der Waals surface area contributed by atoms with E-state index in [0.29, 0.717) is 12.8 Å². The Labute approximate surface area is 129 Å². The monoisotopic (exact) mass is 328 g/mol. The maximum absolute atomic E-state index is 12.7. The van der Waals surface area contributed by atoms with Crippen LogP contribution >= 0.6 is 11.6 Å². The first-order chi connectivity index (χ1) is 9.87. The number of benzene rings is 1. The van der Waals surface area contributed by atoms with Crippen molar-refractivity contribution >= 4 is 21.6 Å². The number of likely N-dealkylation sites (N-methyl/N-ethyl adjacent to an activating group) is 1. The second-order valence-corrected chi connectivity index (χ2v) is 7.57. The highest BCUT2D eigenvalue weighted by atomic mass is 35.5. The van der Waals surface area contributed by atoms with Gasteiger partial charge in [-0.05, 0) is 31.0 Å². The Morgan fingerprint density at radius 2 is 2.05 bits per heavy atom. The molecule has 1 aromatic carbocycles. The molecule has 0 aliphatic heterocycles. The molecule has 0 saturated heterocycles. The zero-order valence-corrected chi connectivity index (χ0v) is 13.2. The number of nitrogens with zero attached hydrogens (tertiary/aromatic N) is 2. The second kappa shape index (κ2) is 6.32. The molecular weight excluding hydrogens is 312 g/mol.